The van der Waals surface area contributed by atoms with Crippen LogP contribution < -0.4 is 0 Å². The van der Waals surface area contributed by atoms with E-state index >= 15 is 0 Å². The molecule has 3 N–H and O–H groups in total. The Morgan fingerprint density at radius 3 is 2.56 bits per heavy atom. The van der Waals surface area contributed by atoms with Gasteiger partial charge in [-0.15, -0.1) is 0 Å². The third-order valence-electron chi connectivity index (χ3n) is 3.29. The van der Waals surface area contributed by atoms with Crippen molar-refractivity contribution in [2.24, 2.45) is 0 Å². The summed E-state index contributed by atoms with van der Waals surface area (Å²) in [4.78, 5) is 2.53. The largest absolute Gasteiger partial charge is 0.494 e. The predicted octanol–water partition coefficient (Wildman–Crippen LogP) is 2.81. The van der Waals surface area contributed by atoms with Crippen molar-refractivity contribution in [3.8, 4) is 11.8 Å². The Labute approximate surface area is 103 Å². The molecule has 1 heterocycles. The molecule has 0 radical (unpaired) electrons. The second-order valence-corrected chi connectivity index (χ2v) is 4.38. The Kier molecular flexibility index (Phi) is 2.37. The van der Waals surface area contributed by atoms with E-state index in [1.54, 1.807) is 12.1 Å². The molecular formula is C14H12FNO2. The molecule has 0 aliphatic heterocycles. The van der Waals surface area contributed by atoms with Gasteiger partial charge in [0.25, 0.3) is 0 Å². The fourth-order valence-electron chi connectivity index (χ4n) is 2.43. The van der Waals surface area contributed by atoms with E-state index in [0.717, 1.165) is 5.56 Å². The first-order valence-corrected chi connectivity index (χ1v) is 5.71. The molecule has 2 aromatic rings. The first kappa shape index (κ1) is 10.9. The molecule has 1 aliphatic carbocycles. The van der Waals surface area contributed by atoms with Crippen molar-refractivity contribution >= 4 is 0 Å². The number of hydrogen-bond acceptors (Lipinski definition) is 2. The lowest BCUT2D eigenvalue weighted by Gasteiger charge is -2.18. The number of hydrogen-bond donors (Lipinski definition) is 3. The third-order valence-corrected chi connectivity index (χ3v) is 3.29. The normalized spacial score (nSPS) is 17.7. The van der Waals surface area contributed by atoms with E-state index in [-0.39, 0.29) is 23.5 Å². The number of H-pyrrole nitrogens is 1. The van der Waals surface area contributed by atoms with Gasteiger partial charge >= 0.3 is 0 Å². The molecule has 0 fully saturated rings. The van der Waals surface area contributed by atoms with Gasteiger partial charge in [-0.3, -0.25) is 4.98 Å². The Hall–Kier alpha value is -2.23. The number of benzene rings is 1. The highest BCUT2D eigenvalue weighted by molar-refractivity contribution is 5.54. The van der Waals surface area contributed by atoms with E-state index in [4.69, 9.17) is 0 Å². The summed E-state index contributed by atoms with van der Waals surface area (Å²) in [5, 5.41) is 19.5. The smallest absolute Gasteiger partial charge is 0.195 e. The van der Waals surface area contributed by atoms with Crippen molar-refractivity contribution in [1.29, 1.82) is 0 Å². The van der Waals surface area contributed by atoms with Crippen molar-refractivity contribution < 1.29 is 14.6 Å². The van der Waals surface area contributed by atoms with Gasteiger partial charge in [0.1, 0.15) is 5.82 Å². The zero-order valence-corrected chi connectivity index (χ0v) is 9.52. The third kappa shape index (κ3) is 1.57. The van der Waals surface area contributed by atoms with Crippen molar-refractivity contribution in [3.63, 3.8) is 0 Å². The zero-order valence-electron chi connectivity index (χ0n) is 9.52. The number of allylic oxidation sites excluding steroid dienone is 2. The topological polar surface area (TPSA) is 56.2 Å². The van der Waals surface area contributed by atoms with Crippen LogP contribution >= 0.6 is 0 Å². The van der Waals surface area contributed by atoms with Crippen LogP contribution in [0, 0.1) is 5.82 Å². The van der Waals surface area contributed by atoms with Crippen LogP contribution in [0.1, 0.15) is 22.6 Å². The minimum absolute atomic E-state index is 0.000961. The molecule has 0 saturated carbocycles. The van der Waals surface area contributed by atoms with Gasteiger partial charge in [0, 0.05) is 17.0 Å². The molecule has 0 saturated heterocycles. The average Bonchev–Trinajstić information content (AvgIpc) is 2.66. The number of nitrogens with one attached hydrogen (secondary N) is 1. The molecule has 3 rings (SSSR count). The molecule has 0 bridgehead atoms. The van der Waals surface area contributed by atoms with Gasteiger partial charge in [-0.05, 0) is 24.1 Å². The first-order chi connectivity index (χ1) is 8.66. The number of aromatic amines is 1. The minimum atomic E-state index is -0.292. The van der Waals surface area contributed by atoms with Crippen LogP contribution in [-0.4, -0.2) is 15.2 Å². The van der Waals surface area contributed by atoms with E-state index < -0.39 is 0 Å². The number of aromatic hydroxyl groups is 2. The molecule has 0 spiro atoms. The highest BCUT2D eigenvalue weighted by Gasteiger charge is 2.26. The molecule has 1 aliphatic rings. The molecule has 0 amide bonds. The van der Waals surface area contributed by atoms with Gasteiger partial charge in [0.15, 0.2) is 11.8 Å². The van der Waals surface area contributed by atoms with Crippen molar-refractivity contribution in [2.45, 2.75) is 12.3 Å². The predicted molar refractivity (Wildman–Crippen MR) is 65.2 cm³/mol. The maximum Gasteiger partial charge on any atom is 0.195 e. The fourth-order valence-corrected chi connectivity index (χ4v) is 2.43. The molecule has 18 heavy (non-hydrogen) atoms. The first-order valence-electron chi connectivity index (χ1n) is 5.71. The van der Waals surface area contributed by atoms with Gasteiger partial charge in [0.2, 0.25) is 0 Å². The fraction of sp³-hybridized carbons (Fsp3) is 0.143. The average molecular weight is 245 g/mol. The number of aromatic nitrogens is 1. The van der Waals surface area contributed by atoms with Gasteiger partial charge < -0.3 is 10.2 Å². The molecule has 1 aromatic heterocycles. The van der Waals surface area contributed by atoms with Crippen LogP contribution in [0.25, 0.3) is 0 Å². The van der Waals surface area contributed by atoms with Crippen molar-refractivity contribution in [3.05, 3.63) is 58.9 Å². The van der Waals surface area contributed by atoms with E-state index in [1.807, 2.05) is 12.2 Å². The maximum absolute atomic E-state index is 12.9. The summed E-state index contributed by atoms with van der Waals surface area (Å²) in [6.45, 7) is 0. The van der Waals surface area contributed by atoms with Crippen LogP contribution in [0.15, 0.2) is 36.4 Å². The van der Waals surface area contributed by atoms with Gasteiger partial charge in [-0.25, -0.2) is 4.39 Å². The summed E-state index contributed by atoms with van der Waals surface area (Å²) in [6, 6.07) is 6.15. The molecule has 92 valence electrons. The number of halogens is 1. The summed E-state index contributed by atoms with van der Waals surface area (Å²) in [5.41, 5.74) is 2.24. The Morgan fingerprint density at radius 1 is 1.11 bits per heavy atom. The van der Waals surface area contributed by atoms with E-state index in [0.29, 0.717) is 17.5 Å². The summed E-state index contributed by atoms with van der Waals surface area (Å²) < 4.78 is 12.9. The van der Waals surface area contributed by atoms with Gasteiger partial charge in [0.05, 0.1) is 0 Å². The second-order valence-electron chi connectivity index (χ2n) is 4.38. The number of fused-ring (bicyclic) bond motifs is 1. The maximum atomic E-state index is 12.9. The highest BCUT2D eigenvalue weighted by atomic mass is 19.1. The quantitative estimate of drug-likeness (QED) is 0.677. The standard InChI is InChI=1S/C14H12FNO2/c15-9-6-4-8(5-7-9)10-2-1-3-11-12(10)14(18)16-13(11)17/h1-2,4-7,10,16-18H,3H2. The second kappa shape index (κ2) is 3.91. The van der Waals surface area contributed by atoms with Crippen LogP contribution in [0.5, 0.6) is 11.8 Å². The van der Waals surface area contributed by atoms with Crippen LogP contribution in [0.2, 0.25) is 0 Å². The SMILES string of the molecule is Oc1[nH]c(O)c2c1CC=CC2c1ccc(F)cc1. The molecule has 3 nitrogen and oxygen atoms in total. The van der Waals surface area contributed by atoms with Gasteiger partial charge in [-0.1, -0.05) is 24.3 Å². The lowest BCUT2D eigenvalue weighted by atomic mass is 9.85. The molecular weight excluding hydrogens is 233 g/mol. The van der Waals surface area contributed by atoms with E-state index in [2.05, 4.69) is 4.98 Å². The lowest BCUT2D eigenvalue weighted by Crippen LogP contribution is -2.04. The van der Waals surface area contributed by atoms with Crippen LogP contribution in [-0.2, 0) is 6.42 Å². The summed E-state index contributed by atoms with van der Waals surface area (Å²) >= 11 is 0. The molecule has 1 atom stereocenters. The highest BCUT2D eigenvalue weighted by Crippen LogP contribution is 2.41. The summed E-state index contributed by atoms with van der Waals surface area (Å²) in [7, 11) is 0. The van der Waals surface area contributed by atoms with Gasteiger partial charge in [-0.2, -0.15) is 0 Å². The Balaban J connectivity index is 2.11. The van der Waals surface area contributed by atoms with Crippen LogP contribution in [0.3, 0.4) is 0 Å². The Morgan fingerprint density at radius 2 is 1.83 bits per heavy atom. The minimum Gasteiger partial charge on any atom is -0.494 e. The van der Waals surface area contributed by atoms with Crippen LogP contribution in [0.4, 0.5) is 4.39 Å². The monoisotopic (exact) mass is 245 g/mol. The zero-order chi connectivity index (χ0) is 12.7. The number of rotatable bonds is 1. The lowest BCUT2D eigenvalue weighted by molar-refractivity contribution is 0.422. The molecule has 1 aromatic carbocycles. The Bertz CT molecular complexity index is 613. The summed E-state index contributed by atoms with van der Waals surface area (Å²) in [6.07, 6.45) is 4.46. The van der Waals surface area contributed by atoms with Crippen molar-refractivity contribution in [1.82, 2.24) is 4.98 Å². The van der Waals surface area contributed by atoms with Crippen molar-refractivity contribution in [2.75, 3.05) is 0 Å². The molecule has 4 heteroatoms. The molecule has 1 unspecified atom stereocenters. The summed E-state index contributed by atoms with van der Waals surface area (Å²) in [5.74, 6) is -0.480. The van der Waals surface area contributed by atoms with E-state index in [1.165, 1.54) is 12.1 Å². The van der Waals surface area contributed by atoms with E-state index in [9.17, 15) is 14.6 Å².